The molecule has 0 saturated carbocycles. The molecule has 4 heteroatoms. The van der Waals surface area contributed by atoms with E-state index >= 15 is 0 Å². The molecule has 0 amide bonds. The van der Waals surface area contributed by atoms with Crippen molar-refractivity contribution in [1.29, 1.82) is 0 Å². The quantitative estimate of drug-likeness (QED) is 0.817. The van der Waals surface area contributed by atoms with Crippen LogP contribution in [0.15, 0.2) is 42.5 Å². The monoisotopic (exact) mass is 245 g/mol. The molecule has 0 aliphatic rings. The maximum absolute atomic E-state index is 13.1. The van der Waals surface area contributed by atoms with Crippen LogP contribution in [0.4, 0.5) is 21.5 Å². The molecular weight excluding hydrogens is 229 g/mol. The maximum Gasteiger partial charge on any atom is 0.123 e. The molecule has 18 heavy (non-hydrogen) atoms. The van der Waals surface area contributed by atoms with E-state index in [-0.39, 0.29) is 5.82 Å². The molecule has 0 spiro atoms. The van der Waals surface area contributed by atoms with Crippen molar-refractivity contribution in [3.8, 4) is 0 Å². The van der Waals surface area contributed by atoms with Gasteiger partial charge in [0.2, 0.25) is 0 Å². The van der Waals surface area contributed by atoms with Crippen LogP contribution in [0.1, 0.15) is 5.56 Å². The standard InChI is InChI=1S/C14H16FN3/c1-18(9-10-3-2-4-11(15)7-10)12-5-6-13(16)14(17)8-12/h2-8H,9,16-17H2,1H3. The SMILES string of the molecule is CN(Cc1cccc(F)c1)c1ccc(N)c(N)c1. The number of nitrogens with zero attached hydrogens (tertiary/aromatic N) is 1. The predicted octanol–water partition coefficient (Wildman–Crippen LogP) is 2.63. The van der Waals surface area contributed by atoms with Gasteiger partial charge in [-0.2, -0.15) is 0 Å². The summed E-state index contributed by atoms with van der Waals surface area (Å²) >= 11 is 0. The average Bonchev–Trinajstić information content (AvgIpc) is 2.32. The van der Waals surface area contributed by atoms with Gasteiger partial charge in [0.15, 0.2) is 0 Å². The van der Waals surface area contributed by atoms with Crippen LogP contribution in [0.3, 0.4) is 0 Å². The van der Waals surface area contributed by atoms with Crippen LogP contribution in [-0.2, 0) is 6.54 Å². The van der Waals surface area contributed by atoms with Crippen molar-refractivity contribution in [3.63, 3.8) is 0 Å². The Morgan fingerprint density at radius 1 is 1.06 bits per heavy atom. The van der Waals surface area contributed by atoms with Crippen molar-refractivity contribution in [1.82, 2.24) is 0 Å². The van der Waals surface area contributed by atoms with E-state index < -0.39 is 0 Å². The van der Waals surface area contributed by atoms with E-state index in [1.54, 1.807) is 12.1 Å². The van der Waals surface area contributed by atoms with Crippen molar-refractivity contribution >= 4 is 17.1 Å². The van der Waals surface area contributed by atoms with E-state index in [1.165, 1.54) is 12.1 Å². The Bertz CT molecular complexity index is 554. The van der Waals surface area contributed by atoms with Crippen LogP contribution >= 0.6 is 0 Å². The first-order valence-corrected chi connectivity index (χ1v) is 5.67. The van der Waals surface area contributed by atoms with Gasteiger partial charge < -0.3 is 16.4 Å². The van der Waals surface area contributed by atoms with Gasteiger partial charge in [0.05, 0.1) is 11.4 Å². The zero-order chi connectivity index (χ0) is 13.1. The lowest BCUT2D eigenvalue weighted by Crippen LogP contribution is -2.16. The van der Waals surface area contributed by atoms with Gasteiger partial charge in [0.25, 0.3) is 0 Å². The number of halogens is 1. The topological polar surface area (TPSA) is 55.3 Å². The first kappa shape index (κ1) is 12.2. The third-order valence-electron chi connectivity index (χ3n) is 2.82. The lowest BCUT2D eigenvalue weighted by atomic mass is 10.2. The fourth-order valence-corrected chi connectivity index (χ4v) is 1.80. The molecule has 2 aromatic carbocycles. The third kappa shape index (κ3) is 2.71. The molecule has 0 saturated heterocycles. The molecule has 0 aromatic heterocycles. The molecule has 2 rings (SSSR count). The lowest BCUT2D eigenvalue weighted by molar-refractivity contribution is 0.625. The van der Waals surface area contributed by atoms with E-state index in [9.17, 15) is 4.39 Å². The van der Waals surface area contributed by atoms with Crippen molar-refractivity contribution in [2.45, 2.75) is 6.54 Å². The summed E-state index contributed by atoms with van der Waals surface area (Å²) in [6.45, 7) is 0.612. The molecule has 2 aromatic rings. The fraction of sp³-hybridized carbons (Fsp3) is 0.143. The van der Waals surface area contributed by atoms with Gasteiger partial charge in [-0.3, -0.25) is 0 Å². The number of benzene rings is 2. The number of nitrogen functional groups attached to an aromatic ring is 2. The van der Waals surface area contributed by atoms with Crippen molar-refractivity contribution in [2.75, 3.05) is 23.4 Å². The van der Waals surface area contributed by atoms with Crippen molar-refractivity contribution < 1.29 is 4.39 Å². The van der Waals surface area contributed by atoms with Gasteiger partial charge in [-0.15, -0.1) is 0 Å². The minimum atomic E-state index is -0.224. The minimum Gasteiger partial charge on any atom is -0.397 e. The smallest absolute Gasteiger partial charge is 0.123 e. The van der Waals surface area contributed by atoms with Gasteiger partial charge in [0, 0.05) is 19.3 Å². The highest BCUT2D eigenvalue weighted by Crippen LogP contribution is 2.23. The van der Waals surface area contributed by atoms with E-state index in [0.29, 0.717) is 17.9 Å². The summed E-state index contributed by atoms with van der Waals surface area (Å²) in [5.41, 5.74) is 14.4. The molecule has 0 unspecified atom stereocenters. The molecule has 4 N–H and O–H groups in total. The van der Waals surface area contributed by atoms with Gasteiger partial charge in [-0.1, -0.05) is 12.1 Å². The molecule has 0 aliphatic heterocycles. The zero-order valence-electron chi connectivity index (χ0n) is 10.2. The first-order chi connectivity index (χ1) is 8.56. The lowest BCUT2D eigenvalue weighted by Gasteiger charge is -2.20. The number of hydrogen-bond donors (Lipinski definition) is 2. The molecule has 0 atom stereocenters. The van der Waals surface area contributed by atoms with Gasteiger partial charge >= 0.3 is 0 Å². The first-order valence-electron chi connectivity index (χ1n) is 5.67. The van der Waals surface area contributed by atoms with E-state index in [4.69, 9.17) is 11.5 Å². The zero-order valence-corrected chi connectivity index (χ0v) is 10.2. The number of rotatable bonds is 3. The van der Waals surface area contributed by atoms with Crippen molar-refractivity contribution in [2.24, 2.45) is 0 Å². The van der Waals surface area contributed by atoms with Crippen LogP contribution in [0.2, 0.25) is 0 Å². The Morgan fingerprint density at radius 2 is 1.83 bits per heavy atom. The largest absolute Gasteiger partial charge is 0.397 e. The van der Waals surface area contributed by atoms with Crippen LogP contribution in [-0.4, -0.2) is 7.05 Å². The van der Waals surface area contributed by atoms with Crippen molar-refractivity contribution in [3.05, 3.63) is 53.8 Å². The number of nitrogens with two attached hydrogens (primary N) is 2. The predicted molar refractivity (Wildman–Crippen MR) is 73.8 cm³/mol. The van der Waals surface area contributed by atoms with E-state index in [2.05, 4.69) is 0 Å². The maximum atomic E-state index is 13.1. The summed E-state index contributed by atoms with van der Waals surface area (Å²) < 4.78 is 13.1. The third-order valence-corrected chi connectivity index (χ3v) is 2.82. The minimum absolute atomic E-state index is 0.224. The second kappa shape index (κ2) is 4.96. The number of anilines is 3. The van der Waals surface area contributed by atoms with Crippen LogP contribution < -0.4 is 16.4 Å². The molecule has 0 fully saturated rings. The molecular formula is C14H16FN3. The second-order valence-electron chi connectivity index (χ2n) is 4.30. The summed E-state index contributed by atoms with van der Waals surface area (Å²) in [6.07, 6.45) is 0. The van der Waals surface area contributed by atoms with Crippen LogP contribution in [0, 0.1) is 5.82 Å². The number of hydrogen-bond acceptors (Lipinski definition) is 3. The van der Waals surface area contributed by atoms with E-state index in [0.717, 1.165) is 11.3 Å². The molecule has 3 nitrogen and oxygen atoms in total. The van der Waals surface area contributed by atoms with Crippen LogP contribution in [0.5, 0.6) is 0 Å². The highest BCUT2D eigenvalue weighted by molar-refractivity contribution is 5.69. The Hall–Kier alpha value is -2.23. The summed E-state index contributed by atoms with van der Waals surface area (Å²) in [7, 11) is 1.93. The Balaban J connectivity index is 2.16. The molecule has 0 radical (unpaired) electrons. The normalized spacial score (nSPS) is 10.3. The highest BCUT2D eigenvalue weighted by Gasteiger charge is 2.04. The van der Waals surface area contributed by atoms with Crippen LogP contribution in [0.25, 0.3) is 0 Å². The molecule has 0 aliphatic carbocycles. The highest BCUT2D eigenvalue weighted by atomic mass is 19.1. The summed E-state index contributed by atoms with van der Waals surface area (Å²) in [6, 6.07) is 12.0. The molecule has 94 valence electrons. The Labute approximate surface area is 106 Å². The van der Waals surface area contributed by atoms with Gasteiger partial charge in [-0.05, 0) is 35.9 Å². The summed E-state index contributed by atoms with van der Waals surface area (Å²) in [5, 5.41) is 0. The van der Waals surface area contributed by atoms with Gasteiger partial charge in [-0.25, -0.2) is 4.39 Å². The Kier molecular flexibility index (Phi) is 3.37. The summed E-state index contributed by atoms with van der Waals surface area (Å²) in [4.78, 5) is 1.99. The molecule has 0 heterocycles. The average molecular weight is 245 g/mol. The Morgan fingerprint density at radius 3 is 2.50 bits per heavy atom. The second-order valence-corrected chi connectivity index (χ2v) is 4.30. The fourth-order valence-electron chi connectivity index (χ4n) is 1.80. The molecule has 0 bridgehead atoms. The van der Waals surface area contributed by atoms with Gasteiger partial charge in [0.1, 0.15) is 5.82 Å². The van der Waals surface area contributed by atoms with E-state index in [1.807, 2.05) is 30.1 Å². The summed E-state index contributed by atoms with van der Waals surface area (Å²) in [5.74, 6) is -0.224.